The average Bonchev–Trinajstić information content (AvgIpc) is 2.65. The topological polar surface area (TPSA) is 59.1 Å². The van der Waals surface area contributed by atoms with Crippen LogP contribution in [-0.4, -0.2) is 17.2 Å². The number of hydrogen-bond acceptors (Lipinski definition) is 4. The Bertz CT molecular complexity index is 830. The van der Waals surface area contributed by atoms with Crippen LogP contribution in [0.3, 0.4) is 0 Å². The van der Waals surface area contributed by atoms with Crippen LogP contribution < -0.4 is 4.72 Å². The van der Waals surface area contributed by atoms with E-state index >= 15 is 0 Å². The Balaban J connectivity index is 2.29. The van der Waals surface area contributed by atoms with E-state index in [1.54, 1.807) is 6.92 Å². The molecule has 0 saturated carbocycles. The number of rotatable bonds is 4. The van der Waals surface area contributed by atoms with Crippen molar-refractivity contribution in [1.29, 1.82) is 0 Å². The Morgan fingerprint density at radius 2 is 1.91 bits per heavy atom. The fourth-order valence-electron chi connectivity index (χ4n) is 1.68. The molecular formula is C12H9Cl5N2O2S2. The molecule has 0 aliphatic heterocycles. The summed E-state index contributed by atoms with van der Waals surface area (Å²) in [4.78, 5) is 4.71. The summed E-state index contributed by atoms with van der Waals surface area (Å²) in [6.45, 7) is 1.70. The van der Waals surface area contributed by atoms with Gasteiger partial charge in [0.05, 0.1) is 10.7 Å². The highest BCUT2D eigenvalue weighted by atomic mass is 35.6. The van der Waals surface area contributed by atoms with E-state index in [1.165, 1.54) is 18.2 Å². The van der Waals surface area contributed by atoms with Gasteiger partial charge in [-0.1, -0.05) is 58.0 Å². The molecular weight excluding hydrogens is 446 g/mol. The summed E-state index contributed by atoms with van der Waals surface area (Å²) in [5.41, 5.74) is 0.584. The van der Waals surface area contributed by atoms with Crippen molar-refractivity contribution in [2.24, 2.45) is 0 Å². The van der Waals surface area contributed by atoms with Crippen molar-refractivity contribution in [1.82, 2.24) is 4.98 Å². The second-order valence-corrected chi connectivity index (χ2v) is 10.6. The monoisotopic (exact) mass is 452 g/mol. The summed E-state index contributed by atoms with van der Waals surface area (Å²) in [7, 11) is -3.90. The van der Waals surface area contributed by atoms with E-state index in [0.717, 1.165) is 11.3 Å². The van der Waals surface area contributed by atoms with Crippen molar-refractivity contribution < 1.29 is 8.42 Å². The largest absolute Gasteiger partial charge is 0.265 e. The Morgan fingerprint density at radius 1 is 1.26 bits per heavy atom. The van der Waals surface area contributed by atoms with Gasteiger partial charge < -0.3 is 0 Å². The molecule has 0 atom stereocenters. The first-order valence-electron chi connectivity index (χ1n) is 5.99. The maximum Gasteiger partial charge on any atom is 0.265 e. The molecule has 11 heteroatoms. The molecule has 0 bridgehead atoms. The zero-order valence-corrected chi connectivity index (χ0v) is 16.8. The number of nitrogens with zero attached hydrogens (tertiary/aromatic N) is 1. The number of hydrogen-bond donors (Lipinski definition) is 1. The minimum atomic E-state index is -3.90. The van der Waals surface area contributed by atoms with Crippen LogP contribution in [0.5, 0.6) is 0 Å². The molecule has 0 aliphatic carbocycles. The van der Waals surface area contributed by atoms with Crippen LogP contribution >= 0.6 is 69.3 Å². The van der Waals surface area contributed by atoms with Crippen LogP contribution in [-0.2, 0) is 16.4 Å². The van der Waals surface area contributed by atoms with E-state index in [4.69, 9.17) is 58.0 Å². The number of nitrogens with one attached hydrogen (secondary N) is 1. The summed E-state index contributed by atoms with van der Waals surface area (Å²) < 4.78 is 25.7. The zero-order valence-electron chi connectivity index (χ0n) is 11.4. The van der Waals surface area contributed by atoms with Crippen molar-refractivity contribution in [2.75, 3.05) is 4.72 Å². The first kappa shape index (κ1) is 19.4. The van der Waals surface area contributed by atoms with Gasteiger partial charge in [-0.25, -0.2) is 13.4 Å². The lowest BCUT2D eigenvalue weighted by Gasteiger charge is -2.08. The molecule has 1 aromatic heterocycles. The number of thiazole rings is 1. The molecule has 0 spiro atoms. The highest BCUT2D eigenvalue weighted by Gasteiger charge is 2.25. The minimum Gasteiger partial charge on any atom is -0.255 e. The molecule has 0 unspecified atom stereocenters. The molecule has 0 aliphatic rings. The van der Waals surface area contributed by atoms with Gasteiger partial charge in [-0.3, -0.25) is 4.72 Å². The first-order valence-corrected chi connectivity index (χ1v) is 10.2. The molecule has 1 heterocycles. The minimum absolute atomic E-state index is 0.0137. The Hall–Kier alpha value is 0.0500. The van der Waals surface area contributed by atoms with Crippen molar-refractivity contribution in [2.45, 2.75) is 22.0 Å². The third-order valence-electron chi connectivity index (χ3n) is 2.66. The van der Waals surface area contributed by atoms with E-state index in [0.29, 0.717) is 15.6 Å². The lowest BCUT2D eigenvalue weighted by Crippen LogP contribution is -2.13. The number of aryl methyl sites for hydroxylation is 1. The Kier molecular flexibility index (Phi) is 6.00. The molecule has 2 rings (SSSR count). The fraction of sp³-hybridized carbons (Fsp3) is 0.250. The molecule has 1 aromatic carbocycles. The Morgan fingerprint density at radius 3 is 2.48 bits per heavy atom. The molecule has 4 nitrogen and oxygen atoms in total. The van der Waals surface area contributed by atoms with E-state index in [9.17, 15) is 8.42 Å². The molecule has 126 valence electrons. The van der Waals surface area contributed by atoms with Gasteiger partial charge in [0.25, 0.3) is 10.0 Å². The van der Waals surface area contributed by atoms with Crippen molar-refractivity contribution >= 4 is 84.5 Å². The number of benzene rings is 1. The van der Waals surface area contributed by atoms with Crippen LogP contribution in [0.2, 0.25) is 10.0 Å². The number of sulfonamides is 1. The van der Waals surface area contributed by atoms with Crippen LogP contribution in [0.4, 0.5) is 5.13 Å². The number of halogens is 5. The highest BCUT2D eigenvalue weighted by Crippen LogP contribution is 2.35. The van der Waals surface area contributed by atoms with Gasteiger partial charge in [0, 0.05) is 16.3 Å². The SMILES string of the molecule is Cc1nc(NS(=O)(=O)c2ccc(Cl)cc2Cl)sc1CC(Cl)(Cl)Cl. The average molecular weight is 455 g/mol. The van der Waals surface area contributed by atoms with E-state index in [-0.39, 0.29) is 21.5 Å². The predicted octanol–water partition coefficient (Wildman–Crippen LogP) is 5.47. The lowest BCUT2D eigenvalue weighted by molar-refractivity contribution is 0.601. The van der Waals surface area contributed by atoms with Gasteiger partial charge in [0.15, 0.2) is 8.92 Å². The molecule has 0 fully saturated rings. The summed E-state index contributed by atoms with van der Waals surface area (Å²) >= 11 is 30.1. The number of alkyl halides is 3. The smallest absolute Gasteiger partial charge is 0.255 e. The summed E-state index contributed by atoms with van der Waals surface area (Å²) in [5.74, 6) is 0. The number of anilines is 1. The predicted molar refractivity (Wildman–Crippen MR) is 98.1 cm³/mol. The summed E-state index contributed by atoms with van der Waals surface area (Å²) in [6.07, 6.45) is 0.130. The van der Waals surface area contributed by atoms with Gasteiger partial charge in [-0.05, 0) is 25.1 Å². The molecule has 0 radical (unpaired) electrons. The second kappa shape index (κ2) is 7.12. The van der Waals surface area contributed by atoms with Gasteiger partial charge in [-0.2, -0.15) is 0 Å². The summed E-state index contributed by atoms with van der Waals surface area (Å²) in [5, 5.41) is 0.515. The van der Waals surface area contributed by atoms with Gasteiger partial charge in [-0.15, -0.1) is 11.3 Å². The maximum atomic E-state index is 12.4. The molecule has 23 heavy (non-hydrogen) atoms. The normalized spacial score (nSPS) is 12.4. The fourth-order valence-corrected chi connectivity index (χ4v) is 5.37. The lowest BCUT2D eigenvalue weighted by atomic mass is 10.3. The maximum absolute atomic E-state index is 12.4. The van der Waals surface area contributed by atoms with E-state index in [1.807, 2.05) is 0 Å². The second-order valence-electron chi connectivity index (χ2n) is 4.50. The molecule has 2 aromatic rings. The standard InChI is InChI=1S/C12H9Cl5N2O2S2/c1-6-9(5-12(15,16)17)22-11(18-6)19-23(20,21)10-3-2-7(13)4-8(10)14/h2-4H,5H2,1H3,(H,18,19). The van der Waals surface area contributed by atoms with Gasteiger partial charge in [0.2, 0.25) is 0 Å². The van der Waals surface area contributed by atoms with Crippen LogP contribution in [0.1, 0.15) is 10.6 Å². The van der Waals surface area contributed by atoms with E-state index in [2.05, 4.69) is 9.71 Å². The number of aromatic nitrogens is 1. The van der Waals surface area contributed by atoms with Crippen LogP contribution in [0.25, 0.3) is 0 Å². The van der Waals surface area contributed by atoms with Gasteiger partial charge >= 0.3 is 0 Å². The van der Waals surface area contributed by atoms with Crippen molar-refractivity contribution in [3.8, 4) is 0 Å². The van der Waals surface area contributed by atoms with Gasteiger partial charge in [0.1, 0.15) is 4.90 Å². The third-order valence-corrected chi connectivity index (χ3v) is 6.32. The highest BCUT2D eigenvalue weighted by molar-refractivity contribution is 7.93. The first-order chi connectivity index (χ1) is 10.5. The van der Waals surface area contributed by atoms with Crippen molar-refractivity contribution in [3.05, 3.63) is 38.8 Å². The van der Waals surface area contributed by atoms with E-state index < -0.39 is 13.8 Å². The zero-order chi connectivity index (χ0) is 17.4. The van der Waals surface area contributed by atoms with Crippen LogP contribution in [0.15, 0.2) is 23.1 Å². The molecule has 0 amide bonds. The molecule has 1 N–H and O–H groups in total. The quantitative estimate of drug-likeness (QED) is 0.623. The third kappa shape index (κ3) is 5.26. The Labute approximate surface area is 162 Å². The summed E-state index contributed by atoms with van der Waals surface area (Å²) in [6, 6.07) is 4.10. The molecule has 0 saturated heterocycles. The van der Waals surface area contributed by atoms with Crippen LogP contribution in [0, 0.1) is 6.92 Å². The van der Waals surface area contributed by atoms with Crippen molar-refractivity contribution in [3.63, 3.8) is 0 Å².